The smallest absolute Gasteiger partial charge is 0.224 e. The Hall–Kier alpha value is -1.50. The number of thioether (sulfide) groups is 1. The van der Waals surface area contributed by atoms with Gasteiger partial charge in [0, 0.05) is 11.8 Å². The van der Waals surface area contributed by atoms with E-state index in [1.54, 1.807) is 18.0 Å². The normalized spacial score (nSPS) is 12.8. The minimum absolute atomic E-state index is 0.253. The molecule has 7 heteroatoms. The molecule has 0 spiro atoms. The van der Waals surface area contributed by atoms with E-state index in [1.165, 1.54) is 0 Å². The molecule has 1 atom stereocenters. The van der Waals surface area contributed by atoms with Crippen LogP contribution in [0.25, 0.3) is 11.0 Å². The van der Waals surface area contributed by atoms with Gasteiger partial charge in [0.25, 0.3) is 0 Å². The number of nitrogen functional groups attached to an aromatic ring is 1. The van der Waals surface area contributed by atoms with Crippen LogP contribution in [-0.4, -0.2) is 38.2 Å². The summed E-state index contributed by atoms with van der Waals surface area (Å²) in [6.07, 6.45) is 4.83. The van der Waals surface area contributed by atoms with Gasteiger partial charge in [-0.3, -0.25) is 5.10 Å². The van der Waals surface area contributed by atoms with Gasteiger partial charge in [0.1, 0.15) is 5.82 Å². The van der Waals surface area contributed by atoms with E-state index in [1.807, 2.05) is 0 Å². The zero-order valence-corrected chi connectivity index (χ0v) is 10.7. The highest BCUT2D eigenvalue weighted by atomic mass is 32.2. The van der Waals surface area contributed by atoms with Crippen LogP contribution in [0.2, 0.25) is 0 Å². The lowest BCUT2D eigenvalue weighted by Gasteiger charge is -2.16. The van der Waals surface area contributed by atoms with Crippen LogP contribution in [0.15, 0.2) is 6.20 Å². The van der Waals surface area contributed by atoms with Crippen LogP contribution < -0.4 is 11.1 Å². The van der Waals surface area contributed by atoms with Gasteiger partial charge in [-0.05, 0) is 12.7 Å². The van der Waals surface area contributed by atoms with Crippen LogP contribution in [-0.2, 0) is 0 Å². The van der Waals surface area contributed by atoms with E-state index in [0.29, 0.717) is 11.7 Å². The third kappa shape index (κ3) is 2.60. The Balaban J connectivity index is 2.30. The molecular formula is C10H16N6S. The van der Waals surface area contributed by atoms with Crippen molar-refractivity contribution in [2.24, 2.45) is 0 Å². The van der Waals surface area contributed by atoms with Gasteiger partial charge in [0.2, 0.25) is 5.95 Å². The molecule has 2 aromatic rings. The number of nitrogens with one attached hydrogen (secondary N) is 2. The fourth-order valence-corrected chi connectivity index (χ4v) is 2.34. The number of aromatic nitrogens is 4. The monoisotopic (exact) mass is 252 g/mol. The predicted molar refractivity (Wildman–Crippen MR) is 72.2 cm³/mol. The summed E-state index contributed by atoms with van der Waals surface area (Å²) < 4.78 is 0. The second-order valence-electron chi connectivity index (χ2n) is 3.77. The topological polar surface area (TPSA) is 92.5 Å². The van der Waals surface area contributed by atoms with Crippen LogP contribution in [0.5, 0.6) is 0 Å². The molecule has 0 saturated heterocycles. The molecule has 0 radical (unpaired) electrons. The fraction of sp³-hybridized carbons (Fsp3) is 0.500. The molecule has 0 aliphatic carbocycles. The lowest BCUT2D eigenvalue weighted by Crippen LogP contribution is -2.22. The van der Waals surface area contributed by atoms with Gasteiger partial charge < -0.3 is 11.1 Å². The zero-order valence-electron chi connectivity index (χ0n) is 9.90. The number of H-pyrrole nitrogens is 1. The third-order valence-electron chi connectivity index (χ3n) is 2.53. The van der Waals surface area contributed by atoms with Crippen molar-refractivity contribution in [1.29, 1.82) is 0 Å². The maximum Gasteiger partial charge on any atom is 0.224 e. The van der Waals surface area contributed by atoms with Gasteiger partial charge in [0.05, 0.1) is 11.6 Å². The van der Waals surface area contributed by atoms with Gasteiger partial charge in [0.15, 0.2) is 5.65 Å². The van der Waals surface area contributed by atoms with Gasteiger partial charge >= 0.3 is 0 Å². The van der Waals surface area contributed by atoms with Crippen molar-refractivity contribution in [3.05, 3.63) is 6.20 Å². The predicted octanol–water partition coefficient (Wildman–Crippen LogP) is 1.49. The first kappa shape index (κ1) is 12.0. The molecule has 6 nitrogen and oxygen atoms in total. The summed E-state index contributed by atoms with van der Waals surface area (Å²) in [4.78, 5) is 8.31. The summed E-state index contributed by atoms with van der Waals surface area (Å²) in [5.41, 5.74) is 6.33. The van der Waals surface area contributed by atoms with Gasteiger partial charge in [-0.25, -0.2) is 0 Å². The number of nitrogens with zero attached hydrogens (tertiary/aromatic N) is 3. The van der Waals surface area contributed by atoms with Crippen molar-refractivity contribution in [3.63, 3.8) is 0 Å². The lowest BCUT2D eigenvalue weighted by atomic mass is 10.2. The molecular weight excluding hydrogens is 236 g/mol. The number of anilines is 2. The van der Waals surface area contributed by atoms with Crippen LogP contribution in [0.3, 0.4) is 0 Å². The fourth-order valence-electron chi connectivity index (χ4n) is 1.62. The maximum atomic E-state index is 5.66. The molecule has 0 saturated carbocycles. The summed E-state index contributed by atoms with van der Waals surface area (Å²) in [7, 11) is 0. The molecule has 0 aliphatic heterocycles. The summed E-state index contributed by atoms with van der Waals surface area (Å²) in [6.45, 7) is 2.14. The Labute approximate surface area is 104 Å². The van der Waals surface area contributed by atoms with Crippen molar-refractivity contribution in [2.75, 3.05) is 23.1 Å². The van der Waals surface area contributed by atoms with E-state index < -0.39 is 0 Å². The van der Waals surface area contributed by atoms with E-state index in [-0.39, 0.29) is 5.95 Å². The van der Waals surface area contributed by atoms with E-state index in [4.69, 9.17) is 5.73 Å². The maximum absolute atomic E-state index is 5.66. The van der Waals surface area contributed by atoms with Crippen molar-refractivity contribution in [1.82, 2.24) is 20.2 Å². The molecule has 0 aliphatic rings. The summed E-state index contributed by atoms with van der Waals surface area (Å²) in [5.74, 6) is 2.03. The number of hydrogen-bond donors (Lipinski definition) is 3. The molecule has 2 heterocycles. The summed E-state index contributed by atoms with van der Waals surface area (Å²) >= 11 is 1.80. The van der Waals surface area contributed by atoms with Crippen LogP contribution in [0.4, 0.5) is 11.8 Å². The lowest BCUT2D eigenvalue weighted by molar-refractivity contribution is 0.771. The second-order valence-corrected chi connectivity index (χ2v) is 4.68. The number of hydrogen-bond acceptors (Lipinski definition) is 6. The van der Waals surface area contributed by atoms with E-state index in [0.717, 1.165) is 23.4 Å². The van der Waals surface area contributed by atoms with Crippen molar-refractivity contribution in [2.45, 2.75) is 19.4 Å². The number of fused-ring (bicyclic) bond motifs is 1. The van der Waals surface area contributed by atoms with Crippen LogP contribution in [0, 0.1) is 0 Å². The molecule has 4 N–H and O–H groups in total. The average Bonchev–Trinajstić information content (AvgIpc) is 2.76. The number of nitrogens with two attached hydrogens (primary N) is 1. The third-order valence-corrected chi connectivity index (χ3v) is 3.26. The molecule has 0 amide bonds. The Morgan fingerprint density at radius 2 is 2.35 bits per heavy atom. The van der Waals surface area contributed by atoms with Crippen molar-refractivity contribution >= 4 is 34.6 Å². The highest BCUT2D eigenvalue weighted by Crippen LogP contribution is 2.20. The molecule has 2 rings (SSSR count). The standard InChI is InChI=1S/C10H16N6S/c1-3-6(5-17-2)13-8-7-4-12-16-9(7)15-10(11)14-8/h4,6H,3,5H2,1-2H3,(H4,11,12,13,14,15,16). The Morgan fingerprint density at radius 1 is 1.53 bits per heavy atom. The molecule has 1 unspecified atom stereocenters. The Morgan fingerprint density at radius 3 is 3.06 bits per heavy atom. The van der Waals surface area contributed by atoms with E-state index in [2.05, 4.69) is 38.7 Å². The minimum Gasteiger partial charge on any atom is -0.368 e. The quantitative estimate of drug-likeness (QED) is 0.746. The Bertz CT molecular complexity index is 497. The highest BCUT2D eigenvalue weighted by molar-refractivity contribution is 7.98. The Kier molecular flexibility index (Phi) is 3.68. The van der Waals surface area contributed by atoms with E-state index >= 15 is 0 Å². The summed E-state index contributed by atoms with van der Waals surface area (Å²) in [5, 5.41) is 11.0. The van der Waals surface area contributed by atoms with Gasteiger partial charge in [-0.2, -0.15) is 26.8 Å². The second kappa shape index (κ2) is 5.22. The van der Waals surface area contributed by atoms with Crippen molar-refractivity contribution < 1.29 is 0 Å². The van der Waals surface area contributed by atoms with Gasteiger partial charge in [-0.1, -0.05) is 6.92 Å². The van der Waals surface area contributed by atoms with E-state index in [9.17, 15) is 0 Å². The summed E-state index contributed by atoms with van der Waals surface area (Å²) in [6, 6.07) is 0.373. The molecule has 2 aromatic heterocycles. The first-order valence-electron chi connectivity index (χ1n) is 5.46. The number of aromatic amines is 1. The average molecular weight is 252 g/mol. The van der Waals surface area contributed by atoms with Crippen LogP contribution >= 0.6 is 11.8 Å². The zero-order chi connectivity index (χ0) is 12.3. The van der Waals surface area contributed by atoms with Crippen molar-refractivity contribution in [3.8, 4) is 0 Å². The van der Waals surface area contributed by atoms with Gasteiger partial charge in [-0.15, -0.1) is 0 Å². The highest BCUT2D eigenvalue weighted by Gasteiger charge is 2.11. The largest absolute Gasteiger partial charge is 0.368 e. The minimum atomic E-state index is 0.253. The first-order chi connectivity index (χ1) is 8.24. The first-order valence-corrected chi connectivity index (χ1v) is 6.86. The molecule has 0 aromatic carbocycles. The SMILES string of the molecule is CCC(CSC)Nc1nc(N)nc2[nH]ncc12. The number of rotatable bonds is 5. The molecule has 17 heavy (non-hydrogen) atoms. The molecule has 0 bridgehead atoms. The molecule has 92 valence electrons. The molecule has 0 fully saturated rings. The van der Waals surface area contributed by atoms with Crippen LogP contribution in [0.1, 0.15) is 13.3 Å².